The molecule has 0 atom stereocenters. The predicted octanol–water partition coefficient (Wildman–Crippen LogP) is 0.840. The molecule has 0 aliphatic rings. The Morgan fingerprint density at radius 2 is 2.05 bits per heavy atom. The van der Waals surface area contributed by atoms with Crippen LogP contribution in [0.25, 0.3) is 0 Å². The van der Waals surface area contributed by atoms with Crippen LogP contribution < -0.4 is 0 Å². The van der Waals surface area contributed by atoms with Gasteiger partial charge < -0.3 is 19.5 Å². The van der Waals surface area contributed by atoms with Gasteiger partial charge in [-0.15, -0.1) is 0 Å². The van der Waals surface area contributed by atoms with Gasteiger partial charge in [-0.1, -0.05) is 6.07 Å². The summed E-state index contributed by atoms with van der Waals surface area (Å²) in [6.45, 7) is 0.638. The van der Waals surface area contributed by atoms with E-state index in [1.165, 1.54) is 30.2 Å². The third kappa shape index (κ3) is 6.19. The van der Waals surface area contributed by atoms with Crippen LogP contribution in [0.3, 0.4) is 0 Å². The molecular weight excluding hydrogens is 293 g/mol. The van der Waals surface area contributed by atoms with Crippen molar-refractivity contribution in [3.8, 4) is 0 Å². The first-order valence-corrected chi connectivity index (χ1v) is 6.88. The van der Waals surface area contributed by atoms with E-state index in [2.05, 4.69) is 4.74 Å². The minimum absolute atomic E-state index is 0.0392. The molecule has 0 bridgehead atoms. The van der Waals surface area contributed by atoms with Gasteiger partial charge in [0.05, 0.1) is 33.4 Å². The topological polar surface area (TPSA) is 76.1 Å². The summed E-state index contributed by atoms with van der Waals surface area (Å²) in [5.41, 5.74) is 0.201. The van der Waals surface area contributed by atoms with Crippen LogP contribution in [0.4, 0.5) is 4.39 Å². The van der Waals surface area contributed by atoms with Crippen molar-refractivity contribution in [1.29, 1.82) is 0 Å². The number of hydrogen-bond acceptors (Lipinski definition) is 5. The van der Waals surface area contributed by atoms with Crippen LogP contribution in [0.1, 0.15) is 16.8 Å². The van der Waals surface area contributed by atoms with Crippen molar-refractivity contribution < 1.29 is 28.6 Å². The van der Waals surface area contributed by atoms with E-state index in [1.807, 2.05) is 0 Å². The zero-order valence-corrected chi connectivity index (χ0v) is 12.5. The molecule has 0 saturated carbocycles. The third-order valence-corrected chi connectivity index (χ3v) is 2.91. The highest BCUT2D eigenvalue weighted by Gasteiger charge is 2.17. The Labute approximate surface area is 128 Å². The molecule has 0 heterocycles. The lowest BCUT2D eigenvalue weighted by Crippen LogP contribution is -2.36. The Morgan fingerprint density at radius 3 is 2.68 bits per heavy atom. The fourth-order valence-electron chi connectivity index (χ4n) is 1.79. The summed E-state index contributed by atoms with van der Waals surface area (Å²) in [5, 5.41) is 8.65. The Morgan fingerprint density at radius 1 is 1.27 bits per heavy atom. The highest BCUT2D eigenvalue weighted by Crippen LogP contribution is 2.08. The molecule has 22 heavy (non-hydrogen) atoms. The van der Waals surface area contributed by atoms with Gasteiger partial charge in [0.25, 0.3) is 5.91 Å². The summed E-state index contributed by atoms with van der Waals surface area (Å²) in [7, 11) is 1.27. The summed E-state index contributed by atoms with van der Waals surface area (Å²) < 4.78 is 22.9. The Hall–Kier alpha value is -1.99. The SMILES string of the molecule is COC(=O)CCN(CCOCCO)C(=O)c1cccc(F)c1. The monoisotopic (exact) mass is 313 g/mol. The number of carbonyl (C=O) groups is 2. The molecular formula is C15H20FNO5. The summed E-state index contributed by atoms with van der Waals surface area (Å²) >= 11 is 0. The molecule has 0 aliphatic carbocycles. The molecule has 0 aliphatic heterocycles. The van der Waals surface area contributed by atoms with Gasteiger partial charge in [-0.25, -0.2) is 4.39 Å². The van der Waals surface area contributed by atoms with Gasteiger partial charge in [-0.2, -0.15) is 0 Å². The number of nitrogens with zero attached hydrogens (tertiary/aromatic N) is 1. The second kappa shape index (κ2) is 9.86. The lowest BCUT2D eigenvalue weighted by molar-refractivity contribution is -0.140. The minimum atomic E-state index is -0.504. The number of ether oxygens (including phenoxy) is 2. The number of amides is 1. The maximum Gasteiger partial charge on any atom is 0.307 e. The van der Waals surface area contributed by atoms with Crippen LogP contribution in [-0.4, -0.2) is 61.9 Å². The van der Waals surface area contributed by atoms with Crippen LogP contribution in [0.15, 0.2) is 24.3 Å². The molecule has 0 aromatic heterocycles. The number of esters is 1. The van der Waals surface area contributed by atoms with E-state index in [-0.39, 0.29) is 44.9 Å². The molecule has 1 aromatic carbocycles. The fraction of sp³-hybridized carbons (Fsp3) is 0.467. The summed E-state index contributed by atoms with van der Waals surface area (Å²) in [4.78, 5) is 25.0. The normalized spacial score (nSPS) is 10.3. The van der Waals surface area contributed by atoms with Crippen molar-refractivity contribution in [3.63, 3.8) is 0 Å². The third-order valence-electron chi connectivity index (χ3n) is 2.91. The number of aliphatic hydroxyl groups excluding tert-OH is 1. The molecule has 0 radical (unpaired) electrons. The first kappa shape index (κ1) is 18.1. The highest BCUT2D eigenvalue weighted by atomic mass is 19.1. The van der Waals surface area contributed by atoms with Crippen LogP contribution >= 0.6 is 0 Å². The van der Waals surface area contributed by atoms with Crippen molar-refractivity contribution in [2.24, 2.45) is 0 Å². The molecule has 0 saturated heterocycles. The fourth-order valence-corrected chi connectivity index (χ4v) is 1.79. The van der Waals surface area contributed by atoms with Crippen LogP contribution in [0.5, 0.6) is 0 Å². The van der Waals surface area contributed by atoms with Gasteiger partial charge in [0.2, 0.25) is 0 Å². The lowest BCUT2D eigenvalue weighted by atomic mass is 10.2. The highest BCUT2D eigenvalue weighted by molar-refractivity contribution is 5.94. The number of methoxy groups -OCH3 is 1. The van der Waals surface area contributed by atoms with Gasteiger partial charge in [0.15, 0.2) is 0 Å². The van der Waals surface area contributed by atoms with Crippen LogP contribution in [-0.2, 0) is 14.3 Å². The zero-order valence-electron chi connectivity index (χ0n) is 12.5. The number of hydrogen-bond donors (Lipinski definition) is 1. The van der Waals surface area contributed by atoms with E-state index in [4.69, 9.17) is 9.84 Å². The van der Waals surface area contributed by atoms with E-state index in [0.29, 0.717) is 0 Å². The van der Waals surface area contributed by atoms with Crippen molar-refractivity contribution in [2.75, 3.05) is 40.0 Å². The predicted molar refractivity (Wildman–Crippen MR) is 76.8 cm³/mol. The number of halogens is 1. The molecule has 1 aromatic rings. The molecule has 7 heteroatoms. The smallest absolute Gasteiger partial charge is 0.307 e. The molecule has 122 valence electrons. The standard InChI is InChI=1S/C15H20FNO5/c1-21-14(19)5-6-17(7-9-22-10-8-18)15(20)12-3-2-4-13(16)11-12/h2-4,11,18H,5-10H2,1H3. The molecule has 1 N–H and O–H groups in total. The summed E-state index contributed by atoms with van der Waals surface area (Å²) in [6.07, 6.45) is 0.0392. The molecule has 0 fully saturated rings. The molecule has 0 spiro atoms. The Bertz CT molecular complexity index is 495. The van der Waals surface area contributed by atoms with Gasteiger partial charge >= 0.3 is 5.97 Å². The molecule has 6 nitrogen and oxygen atoms in total. The van der Waals surface area contributed by atoms with Gasteiger partial charge in [0.1, 0.15) is 5.82 Å². The number of aliphatic hydroxyl groups is 1. The number of benzene rings is 1. The molecule has 1 rings (SSSR count). The Kier molecular flexibility index (Phi) is 8.09. The van der Waals surface area contributed by atoms with Gasteiger partial charge in [-0.3, -0.25) is 9.59 Å². The average Bonchev–Trinajstić information content (AvgIpc) is 2.53. The maximum atomic E-state index is 13.2. The van der Waals surface area contributed by atoms with E-state index >= 15 is 0 Å². The lowest BCUT2D eigenvalue weighted by Gasteiger charge is -2.22. The van der Waals surface area contributed by atoms with Crippen molar-refractivity contribution in [1.82, 2.24) is 4.90 Å². The zero-order chi connectivity index (χ0) is 16.4. The molecule has 0 unspecified atom stereocenters. The van der Waals surface area contributed by atoms with E-state index < -0.39 is 17.7 Å². The van der Waals surface area contributed by atoms with E-state index in [9.17, 15) is 14.0 Å². The van der Waals surface area contributed by atoms with Crippen molar-refractivity contribution in [3.05, 3.63) is 35.6 Å². The summed E-state index contributed by atoms with van der Waals surface area (Å²) in [5.74, 6) is -1.33. The number of rotatable bonds is 9. The second-order valence-corrected chi connectivity index (χ2v) is 4.46. The van der Waals surface area contributed by atoms with Gasteiger partial charge in [-0.05, 0) is 18.2 Å². The van der Waals surface area contributed by atoms with Crippen LogP contribution in [0.2, 0.25) is 0 Å². The first-order chi connectivity index (χ1) is 10.6. The number of carbonyl (C=O) groups excluding carboxylic acids is 2. The van der Waals surface area contributed by atoms with Crippen LogP contribution in [0, 0.1) is 5.82 Å². The quantitative estimate of drug-likeness (QED) is 0.540. The Balaban J connectivity index is 2.69. The van der Waals surface area contributed by atoms with E-state index in [0.717, 1.165) is 6.07 Å². The van der Waals surface area contributed by atoms with E-state index in [1.54, 1.807) is 0 Å². The average molecular weight is 313 g/mol. The van der Waals surface area contributed by atoms with Gasteiger partial charge in [0, 0.05) is 18.7 Å². The molecule has 1 amide bonds. The first-order valence-electron chi connectivity index (χ1n) is 6.88. The van der Waals surface area contributed by atoms with Crippen molar-refractivity contribution in [2.45, 2.75) is 6.42 Å². The minimum Gasteiger partial charge on any atom is -0.469 e. The maximum absolute atomic E-state index is 13.2. The second-order valence-electron chi connectivity index (χ2n) is 4.46. The summed E-state index contributed by atoms with van der Waals surface area (Å²) in [6, 6.07) is 5.34. The largest absolute Gasteiger partial charge is 0.469 e. The van der Waals surface area contributed by atoms with Crippen molar-refractivity contribution >= 4 is 11.9 Å².